The molecule has 0 heterocycles. The van der Waals surface area contributed by atoms with Gasteiger partial charge in [-0.2, -0.15) is 0 Å². The molecule has 108 valence electrons. The fourth-order valence-electron chi connectivity index (χ4n) is 4.55. The third kappa shape index (κ3) is 2.06. The van der Waals surface area contributed by atoms with Crippen molar-refractivity contribution in [3.8, 4) is 0 Å². The monoisotopic (exact) mass is 336 g/mol. The molecule has 0 saturated heterocycles. The standard InChI is InChI=1S/C17H21BrO2/c1-10-7-17(8-11(2)15(10)20-3)9-12-4-5-13(18)6-14(12)16(17)19/h4-6,10-11,15H,7-9H2,1-3H3/t10-,11+,15+,17+. The van der Waals surface area contributed by atoms with Crippen molar-refractivity contribution in [2.24, 2.45) is 17.3 Å². The van der Waals surface area contributed by atoms with Gasteiger partial charge in [0.1, 0.15) is 0 Å². The van der Waals surface area contributed by atoms with Crippen LogP contribution < -0.4 is 0 Å². The second-order valence-corrected chi connectivity index (χ2v) is 7.57. The summed E-state index contributed by atoms with van der Waals surface area (Å²) in [7, 11) is 1.79. The second kappa shape index (κ2) is 4.96. The highest BCUT2D eigenvalue weighted by molar-refractivity contribution is 9.10. The predicted octanol–water partition coefficient (Wildman–Crippen LogP) is 4.26. The van der Waals surface area contributed by atoms with Crippen LogP contribution in [0, 0.1) is 17.3 Å². The summed E-state index contributed by atoms with van der Waals surface area (Å²) in [5.41, 5.74) is 1.96. The van der Waals surface area contributed by atoms with Gasteiger partial charge in [-0.25, -0.2) is 0 Å². The number of hydrogen-bond donors (Lipinski definition) is 0. The van der Waals surface area contributed by atoms with Gasteiger partial charge in [0, 0.05) is 22.6 Å². The maximum absolute atomic E-state index is 13.0. The molecule has 0 aliphatic heterocycles. The molecule has 0 bridgehead atoms. The molecule has 2 nitrogen and oxygen atoms in total. The molecule has 1 aromatic carbocycles. The van der Waals surface area contributed by atoms with E-state index >= 15 is 0 Å². The Balaban J connectivity index is 1.95. The molecular weight excluding hydrogens is 316 g/mol. The van der Waals surface area contributed by atoms with E-state index < -0.39 is 0 Å². The van der Waals surface area contributed by atoms with E-state index in [1.165, 1.54) is 5.56 Å². The number of carbonyl (C=O) groups is 1. The molecule has 20 heavy (non-hydrogen) atoms. The first kappa shape index (κ1) is 14.3. The van der Waals surface area contributed by atoms with E-state index in [0.29, 0.717) is 17.6 Å². The highest BCUT2D eigenvalue weighted by Crippen LogP contribution is 2.51. The van der Waals surface area contributed by atoms with E-state index in [-0.39, 0.29) is 11.5 Å². The molecule has 1 spiro atoms. The van der Waals surface area contributed by atoms with Gasteiger partial charge in [-0.15, -0.1) is 0 Å². The van der Waals surface area contributed by atoms with Crippen LogP contribution in [0.4, 0.5) is 0 Å². The quantitative estimate of drug-likeness (QED) is 0.766. The fourth-order valence-corrected chi connectivity index (χ4v) is 4.91. The minimum absolute atomic E-state index is 0.184. The first-order chi connectivity index (χ1) is 9.47. The van der Waals surface area contributed by atoms with Crippen LogP contribution in [0.2, 0.25) is 0 Å². The lowest BCUT2D eigenvalue weighted by Gasteiger charge is -2.43. The molecule has 0 unspecified atom stereocenters. The van der Waals surface area contributed by atoms with Crippen LogP contribution in [0.1, 0.15) is 42.6 Å². The molecule has 1 aromatic rings. The van der Waals surface area contributed by atoms with Crippen LogP contribution in [0.3, 0.4) is 0 Å². The normalized spacial score (nSPS) is 36.4. The first-order valence-electron chi connectivity index (χ1n) is 7.33. The number of ether oxygens (including phenoxy) is 1. The molecule has 0 N–H and O–H groups in total. The summed E-state index contributed by atoms with van der Waals surface area (Å²) in [6, 6.07) is 6.13. The average Bonchev–Trinajstić information content (AvgIpc) is 2.63. The smallest absolute Gasteiger partial charge is 0.169 e. The fraction of sp³-hybridized carbons (Fsp3) is 0.588. The van der Waals surface area contributed by atoms with E-state index in [0.717, 1.165) is 29.3 Å². The highest BCUT2D eigenvalue weighted by Gasteiger charge is 2.51. The number of halogens is 1. The lowest BCUT2D eigenvalue weighted by Crippen LogP contribution is -2.44. The lowest BCUT2D eigenvalue weighted by molar-refractivity contribution is -0.0426. The van der Waals surface area contributed by atoms with Crippen LogP contribution in [0.5, 0.6) is 0 Å². The topological polar surface area (TPSA) is 26.3 Å². The Labute approximate surface area is 129 Å². The van der Waals surface area contributed by atoms with E-state index in [9.17, 15) is 4.79 Å². The number of hydrogen-bond acceptors (Lipinski definition) is 2. The third-order valence-electron chi connectivity index (χ3n) is 5.15. The number of carbonyl (C=O) groups excluding carboxylic acids is 1. The second-order valence-electron chi connectivity index (χ2n) is 6.65. The van der Waals surface area contributed by atoms with Gasteiger partial charge in [-0.3, -0.25) is 4.79 Å². The van der Waals surface area contributed by atoms with Gasteiger partial charge in [-0.1, -0.05) is 35.8 Å². The Hall–Kier alpha value is -0.670. The molecule has 1 fully saturated rings. The maximum Gasteiger partial charge on any atom is 0.169 e. The van der Waals surface area contributed by atoms with Crippen molar-refractivity contribution in [1.82, 2.24) is 0 Å². The highest BCUT2D eigenvalue weighted by atomic mass is 79.9. The van der Waals surface area contributed by atoms with Gasteiger partial charge in [0.05, 0.1) is 6.10 Å². The van der Waals surface area contributed by atoms with Gasteiger partial charge in [-0.05, 0) is 48.8 Å². The Morgan fingerprint density at radius 3 is 2.50 bits per heavy atom. The summed E-state index contributed by atoms with van der Waals surface area (Å²) in [6.07, 6.45) is 3.07. The van der Waals surface area contributed by atoms with Gasteiger partial charge in [0.25, 0.3) is 0 Å². The zero-order valence-corrected chi connectivity index (χ0v) is 13.9. The Bertz CT molecular complexity index is 540. The largest absolute Gasteiger partial charge is 0.381 e. The Morgan fingerprint density at radius 1 is 1.25 bits per heavy atom. The molecule has 2 aliphatic rings. The molecule has 0 amide bonds. The minimum Gasteiger partial charge on any atom is -0.381 e. The maximum atomic E-state index is 13.0. The van der Waals surface area contributed by atoms with E-state index in [2.05, 4.69) is 35.8 Å². The van der Waals surface area contributed by atoms with Gasteiger partial charge < -0.3 is 4.74 Å². The van der Waals surface area contributed by atoms with Crippen molar-refractivity contribution in [1.29, 1.82) is 0 Å². The summed E-state index contributed by atoms with van der Waals surface area (Å²) < 4.78 is 6.62. The van der Waals surface area contributed by atoms with Gasteiger partial charge in [0.2, 0.25) is 0 Å². The molecule has 4 atom stereocenters. The SMILES string of the molecule is CO[C@H]1[C@H](C)C[C@@]2(Cc3ccc(Br)cc3C2=O)C[C@@H]1C. The number of methoxy groups -OCH3 is 1. The Kier molecular flexibility index (Phi) is 3.54. The minimum atomic E-state index is -0.184. The zero-order chi connectivity index (χ0) is 14.5. The van der Waals surface area contributed by atoms with E-state index in [1.54, 1.807) is 7.11 Å². The van der Waals surface area contributed by atoms with Crippen LogP contribution in [0.25, 0.3) is 0 Å². The first-order valence-corrected chi connectivity index (χ1v) is 8.12. The third-order valence-corrected chi connectivity index (χ3v) is 5.64. The van der Waals surface area contributed by atoms with Crippen LogP contribution in [0.15, 0.2) is 22.7 Å². The summed E-state index contributed by atoms with van der Waals surface area (Å²) in [4.78, 5) is 13.0. The number of Topliss-reactive ketones (excluding diaryl/α,β-unsaturated/α-hetero) is 1. The molecule has 1 saturated carbocycles. The number of benzene rings is 1. The molecule has 0 radical (unpaired) electrons. The average molecular weight is 337 g/mol. The van der Waals surface area contributed by atoms with E-state index in [4.69, 9.17) is 4.74 Å². The van der Waals surface area contributed by atoms with Crippen LogP contribution in [-0.2, 0) is 11.2 Å². The zero-order valence-electron chi connectivity index (χ0n) is 12.3. The van der Waals surface area contributed by atoms with Crippen LogP contribution >= 0.6 is 15.9 Å². The predicted molar refractivity (Wildman–Crippen MR) is 83.0 cm³/mol. The van der Waals surface area contributed by atoms with Crippen molar-refractivity contribution in [2.75, 3.05) is 7.11 Å². The van der Waals surface area contributed by atoms with Crippen molar-refractivity contribution >= 4 is 21.7 Å². The van der Waals surface area contributed by atoms with Crippen molar-refractivity contribution < 1.29 is 9.53 Å². The van der Waals surface area contributed by atoms with Crippen molar-refractivity contribution in [3.05, 3.63) is 33.8 Å². The van der Waals surface area contributed by atoms with Crippen LogP contribution in [-0.4, -0.2) is 19.0 Å². The number of rotatable bonds is 1. The summed E-state index contributed by atoms with van der Waals surface area (Å²) in [6.45, 7) is 4.44. The Morgan fingerprint density at radius 2 is 1.90 bits per heavy atom. The molecule has 3 heteroatoms. The summed E-state index contributed by atoms with van der Waals surface area (Å²) >= 11 is 3.48. The van der Waals surface area contributed by atoms with Gasteiger partial charge in [0.15, 0.2) is 5.78 Å². The van der Waals surface area contributed by atoms with Gasteiger partial charge >= 0.3 is 0 Å². The number of fused-ring (bicyclic) bond motifs is 1. The molecule has 3 rings (SSSR count). The van der Waals surface area contributed by atoms with Crippen molar-refractivity contribution in [3.63, 3.8) is 0 Å². The number of ketones is 1. The molecular formula is C17H21BrO2. The molecule has 0 aromatic heterocycles. The lowest BCUT2D eigenvalue weighted by atomic mass is 9.63. The summed E-state index contributed by atoms with van der Waals surface area (Å²) in [5, 5.41) is 0. The molecule has 2 aliphatic carbocycles. The van der Waals surface area contributed by atoms with E-state index in [1.807, 2.05) is 12.1 Å². The van der Waals surface area contributed by atoms with Crippen molar-refractivity contribution in [2.45, 2.75) is 39.2 Å². The summed E-state index contributed by atoms with van der Waals surface area (Å²) in [5.74, 6) is 1.22.